The van der Waals surface area contributed by atoms with E-state index in [4.69, 9.17) is 9.84 Å². The summed E-state index contributed by atoms with van der Waals surface area (Å²) in [7, 11) is 0. The van der Waals surface area contributed by atoms with E-state index in [9.17, 15) is 9.59 Å². The van der Waals surface area contributed by atoms with Gasteiger partial charge in [0.05, 0.1) is 6.10 Å². The summed E-state index contributed by atoms with van der Waals surface area (Å²) in [6.45, 7) is 7.31. The van der Waals surface area contributed by atoms with Crippen molar-refractivity contribution in [3.05, 3.63) is 0 Å². The average Bonchev–Trinajstić information content (AvgIpc) is 2.35. The molecule has 5 nitrogen and oxygen atoms in total. The zero-order valence-corrected chi connectivity index (χ0v) is 12.1. The fourth-order valence-corrected chi connectivity index (χ4v) is 2.47. The van der Waals surface area contributed by atoms with Crippen LogP contribution < -0.4 is 0 Å². The first-order valence-electron chi connectivity index (χ1n) is 7.01. The maximum atomic E-state index is 12.0. The lowest BCUT2D eigenvalue weighted by Crippen LogP contribution is -2.43. The molecule has 1 saturated heterocycles. The fraction of sp³-hybridized carbons (Fsp3) is 0.857. The first-order chi connectivity index (χ1) is 8.90. The van der Waals surface area contributed by atoms with Gasteiger partial charge < -0.3 is 14.7 Å². The van der Waals surface area contributed by atoms with Crippen molar-refractivity contribution in [3.63, 3.8) is 0 Å². The van der Waals surface area contributed by atoms with Gasteiger partial charge in [-0.15, -0.1) is 0 Å². The molecule has 0 aliphatic carbocycles. The van der Waals surface area contributed by atoms with Crippen LogP contribution in [0.1, 0.15) is 40.0 Å². The molecule has 1 N–H and O–H groups in total. The third-order valence-corrected chi connectivity index (χ3v) is 3.65. The van der Waals surface area contributed by atoms with Gasteiger partial charge in [-0.1, -0.05) is 6.92 Å². The zero-order chi connectivity index (χ0) is 14.4. The molecule has 1 fully saturated rings. The molecule has 1 heterocycles. The number of hydrogen-bond donors (Lipinski definition) is 1. The number of amides is 1. The molecule has 0 radical (unpaired) electrons. The van der Waals surface area contributed by atoms with Crippen molar-refractivity contribution in [2.75, 3.05) is 19.7 Å². The Labute approximate surface area is 114 Å². The van der Waals surface area contributed by atoms with Gasteiger partial charge in [0, 0.05) is 19.5 Å². The van der Waals surface area contributed by atoms with Crippen LogP contribution in [0.15, 0.2) is 0 Å². The number of carboxylic acid groups (broad SMARTS) is 1. The monoisotopic (exact) mass is 271 g/mol. The number of rotatable bonds is 6. The van der Waals surface area contributed by atoms with Crippen molar-refractivity contribution < 1.29 is 19.4 Å². The van der Waals surface area contributed by atoms with E-state index in [-0.39, 0.29) is 36.9 Å². The Morgan fingerprint density at radius 1 is 1.37 bits per heavy atom. The van der Waals surface area contributed by atoms with Crippen LogP contribution in [0.3, 0.4) is 0 Å². The zero-order valence-electron chi connectivity index (χ0n) is 12.1. The van der Waals surface area contributed by atoms with Gasteiger partial charge in [-0.25, -0.2) is 0 Å². The maximum Gasteiger partial charge on any atom is 0.303 e. The summed E-state index contributed by atoms with van der Waals surface area (Å²) < 4.78 is 5.33. The standard InChI is InChI=1S/C14H25NO4/c1-10(2)19-9-13(16)15-6-4-5-12(8-15)11(3)7-14(17)18/h10-12H,4-9H2,1-3H3,(H,17,18). The largest absolute Gasteiger partial charge is 0.481 e. The van der Waals surface area contributed by atoms with E-state index in [1.807, 2.05) is 25.7 Å². The van der Waals surface area contributed by atoms with E-state index < -0.39 is 5.97 Å². The van der Waals surface area contributed by atoms with Crippen LogP contribution in [0.25, 0.3) is 0 Å². The molecule has 0 aromatic carbocycles. The number of aliphatic carboxylic acids is 1. The van der Waals surface area contributed by atoms with E-state index in [2.05, 4.69) is 0 Å². The van der Waals surface area contributed by atoms with Gasteiger partial charge in [0.2, 0.25) is 5.91 Å². The number of hydrogen-bond acceptors (Lipinski definition) is 3. The van der Waals surface area contributed by atoms with Gasteiger partial charge >= 0.3 is 5.97 Å². The lowest BCUT2D eigenvalue weighted by Gasteiger charge is -2.35. The molecule has 110 valence electrons. The molecule has 5 heteroatoms. The normalized spacial score (nSPS) is 21.5. The predicted molar refractivity (Wildman–Crippen MR) is 71.8 cm³/mol. The molecule has 0 aromatic rings. The highest BCUT2D eigenvalue weighted by molar-refractivity contribution is 5.77. The van der Waals surface area contributed by atoms with Crippen LogP contribution in [0.2, 0.25) is 0 Å². The predicted octanol–water partition coefficient (Wildman–Crippen LogP) is 1.76. The minimum Gasteiger partial charge on any atom is -0.481 e. The van der Waals surface area contributed by atoms with E-state index >= 15 is 0 Å². The van der Waals surface area contributed by atoms with Crippen LogP contribution in [-0.4, -0.2) is 47.7 Å². The van der Waals surface area contributed by atoms with Crippen LogP contribution >= 0.6 is 0 Å². The van der Waals surface area contributed by atoms with Gasteiger partial charge in [0.1, 0.15) is 6.61 Å². The molecule has 1 aliphatic heterocycles. The number of ether oxygens (including phenoxy) is 1. The molecular formula is C14H25NO4. The third kappa shape index (κ3) is 5.59. The van der Waals surface area contributed by atoms with E-state index in [0.717, 1.165) is 19.4 Å². The number of carbonyl (C=O) groups excluding carboxylic acids is 1. The molecular weight excluding hydrogens is 246 g/mol. The Morgan fingerprint density at radius 2 is 2.05 bits per heavy atom. The summed E-state index contributed by atoms with van der Waals surface area (Å²) in [6.07, 6.45) is 2.18. The molecule has 19 heavy (non-hydrogen) atoms. The summed E-state index contributed by atoms with van der Waals surface area (Å²) >= 11 is 0. The van der Waals surface area contributed by atoms with E-state index in [1.165, 1.54) is 0 Å². The van der Waals surface area contributed by atoms with Crippen molar-refractivity contribution in [3.8, 4) is 0 Å². The smallest absolute Gasteiger partial charge is 0.303 e. The SMILES string of the molecule is CC(C)OCC(=O)N1CCCC(C(C)CC(=O)O)C1. The van der Waals surface area contributed by atoms with Gasteiger partial charge in [-0.3, -0.25) is 9.59 Å². The van der Waals surface area contributed by atoms with Gasteiger partial charge in [-0.05, 0) is 38.5 Å². The molecule has 1 aliphatic rings. The Kier molecular flexibility index (Phi) is 6.28. The highest BCUT2D eigenvalue weighted by atomic mass is 16.5. The molecule has 1 amide bonds. The number of carbonyl (C=O) groups is 2. The number of carboxylic acids is 1. The number of nitrogens with zero attached hydrogens (tertiary/aromatic N) is 1. The summed E-state index contributed by atoms with van der Waals surface area (Å²) in [5.74, 6) is -0.355. The second kappa shape index (κ2) is 7.48. The lowest BCUT2D eigenvalue weighted by molar-refractivity contribution is -0.140. The molecule has 2 unspecified atom stereocenters. The van der Waals surface area contributed by atoms with Crippen LogP contribution in [-0.2, 0) is 14.3 Å². The first kappa shape index (κ1) is 16.0. The average molecular weight is 271 g/mol. The van der Waals surface area contributed by atoms with Crippen molar-refractivity contribution in [2.24, 2.45) is 11.8 Å². The second-order valence-corrected chi connectivity index (χ2v) is 5.68. The molecule has 2 atom stereocenters. The number of piperidine rings is 1. The molecule has 0 spiro atoms. The van der Waals surface area contributed by atoms with Crippen LogP contribution in [0.4, 0.5) is 0 Å². The third-order valence-electron chi connectivity index (χ3n) is 3.65. The summed E-state index contributed by atoms with van der Waals surface area (Å²) in [6, 6.07) is 0. The summed E-state index contributed by atoms with van der Waals surface area (Å²) in [4.78, 5) is 24.5. The Balaban J connectivity index is 2.45. The Morgan fingerprint density at radius 3 is 2.63 bits per heavy atom. The fourth-order valence-electron chi connectivity index (χ4n) is 2.47. The van der Waals surface area contributed by atoms with E-state index in [1.54, 1.807) is 0 Å². The lowest BCUT2D eigenvalue weighted by atomic mass is 9.84. The number of likely N-dealkylation sites (tertiary alicyclic amines) is 1. The quantitative estimate of drug-likeness (QED) is 0.799. The molecule has 0 saturated carbocycles. The van der Waals surface area contributed by atoms with Crippen LogP contribution in [0, 0.1) is 11.8 Å². The summed E-state index contributed by atoms with van der Waals surface area (Å²) in [5, 5.41) is 8.83. The first-order valence-corrected chi connectivity index (χ1v) is 7.01. The molecule has 0 bridgehead atoms. The van der Waals surface area contributed by atoms with Crippen molar-refractivity contribution in [1.29, 1.82) is 0 Å². The highest BCUT2D eigenvalue weighted by Gasteiger charge is 2.28. The molecule has 1 rings (SSSR count). The van der Waals surface area contributed by atoms with Gasteiger partial charge in [0.25, 0.3) is 0 Å². The highest BCUT2D eigenvalue weighted by Crippen LogP contribution is 2.26. The van der Waals surface area contributed by atoms with Gasteiger partial charge in [0.15, 0.2) is 0 Å². The Bertz CT molecular complexity index is 317. The van der Waals surface area contributed by atoms with Gasteiger partial charge in [-0.2, -0.15) is 0 Å². The minimum absolute atomic E-state index is 0.0147. The van der Waals surface area contributed by atoms with Crippen molar-refractivity contribution in [1.82, 2.24) is 4.90 Å². The van der Waals surface area contributed by atoms with Crippen molar-refractivity contribution in [2.45, 2.75) is 46.1 Å². The summed E-state index contributed by atoms with van der Waals surface area (Å²) in [5.41, 5.74) is 0. The van der Waals surface area contributed by atoms with E-state index in [0.29, 0.717) is 6.54 Å². The minimum atomic E-state index is -0.765. The van der Waals surface area contributed by atoms with Crippen molar-refractivity contribution >= 4 is 11.9 Å². The maximum absolute atomic E-state index is 12.0. The van der Waals surface area contributed by atoms with Crippen LogP contribution in [0.5, 0.6) is 0 Å². The Hall–Kier alpha value is -1.10. The second-order valence-electron chi connectivity index (χ2n) is 5.68. The topological polar surface area (TPSA) is 66.8 Å². The molecule has 0 aromatic heterocycles.